The van der Waals surface area contributed by atoms with Crippen LogP contribution in [0.1, 0.15) is 71.9 Å². The summed E-state index contributed by atoms with van der Waals surface area (Å²) in [6, 6.07) is 9.83. The van der Waals surface area contributed by atoms with Crippen molar-refractivity contribution in [1.82, 2.24) is 5.32 Å². The van der Waals surface area contributed by atoms with Gasteiger partial charge >= 0.3 is 0 Å². The van der Waals surface area contributed by atoms with Crippen molar-refractivity contribution in [3.05, 3.63) is 35.4 Å². The number of nitrogens with one attached hydrogen (secondary N) is 1. The third-order valence-corrected chi connectivity index (χ3v) is 4.28. The average Bonchev–Trinajstić information content (AvgIpc) is 2.37. The van der Waals surface area contributed by atoms with Crippen LogP contribution in [0.4, 0.5) is 0 Å². The second-order valence-electron chi connectivity index (χ2n) is 7.43. The highest BCUT2D eigenvalue weighted by Gasteiger charge is 2.19. The summed E-state index contributed by atoms with van der Waals surface area (Å²) in [5.74, 6) is 1.32. The van der Waals surface area contributed by atoms with Gasteiger partial charge in [-0.1, -0.05) is 79.2 Å². The van der Waals surface area contributed by atoms with Gasteiger partial charge in [0.05, 0.1) is 0 Å². The Morgan fingerprint density at radius 2 is 1.55 bits per heavy atom. The topological polar surface area (TPSA) is 12.0 Å². The lowest BCUT2D eigenvalue weighted by molar-refractivity contribution is 0.406. The van der Waals surface area contributed by atoms with Gasteiger partial charge in [0, 0.05) is 12.6 Å². The zero-order valence-electron chi connectivity index (χ0n) is 14.5. The van der Waals surface area contributed by atoms with Crippen LogP contribution in [0.5, 0.6) is 0 Å². The minimum absolute atomic E-state index is 0.237. The quantitative estimate of drug-likeness (QED) is 0.760. The van der Waals surface area contributed by atoms with Crippen molar-refractivity contribution in [3.8, 4) is 0 Å². The van der Waals surface area contributed by atoms with Crippen molar-refractivity contribution in [2.45, 2.75) is 72.3 Å². The molecule has 0 bridgehead atoms. The average molecular weight is 275 g/mol. The fraction of sp³-hybridized carbons (Fsp3) is 0.684. The van der Waals surface area contributed by atoms with E-state index in [4.69, 9.17) is 0 Å². The first-order chi connectivity index (χ1) is 9.25. The molecule has 1 nitrogen and oxygen atoms in total. The highest BCUT2D eigenvalue weighted by Crippen LogP contribution is 2.29. The largest absolute Gasteiger partial charge is 0.314 e. The van der Waals surface area contributed by atoms with Crippen molar-refractivity contribution < 1.29 is 0 Å². The normalized spacial score (nSPS) is 15.4. The molecule has 0 aliphatic carbocycles. The Kier molecular flexibility index (Phi) is 6.26. The van der Waals surface area contributed by atoms with Crippen LogP contribution in [-0.2, 0) is 5.41 Å². The maximum Gasteiger partial charge on any atom is 0.00250 e. The number of hydrogen-bond donors (Lipinski definition) is 1. The summed E-state index contributed by atoms with van der Waals surface area (Å²) >= 11 is 0. The van der Waals surface area contributed by atoms with Gasteiger partial charge in [0.1, 0.15) is 0 Å². The van der Waals surface area contributed by atoms with Gasteiger partial charge < -0.3 is 5.32 Å². The molecule has 0 heterocycles. The van der Waals surface area contributed by atoms with E-state index in [-0.39, 0.29) is 5.41 Å². The first-order valence-electron chi connectivity index (χ1n) is 8.09. The molecule has 2 unspecified atom stereocenters. The van der Waals surface area contributed by atoms with E-state index in [1.165, 1.54) is 17.5 Å². The predicted octanol–water partition coefficient (Wildman–Crippen LogP) is 5.11. The van der Waals surface area contributed by atoms with Crippen molar-refractivity contribution in [3.63, 3.8) is 0 Å². The lowest BCUT2D eigenvalue weighted by atomic mass is 9.82. The summed E-state index contributed by atoms with van der Waals surface area (Å²) < 4.78 is 0. The standard InChI is InChI=1S/C19H33N/c1-8-15(4)18(13-20-14(2)3)16-9-11-17(12-10-16)19(5,6)7/h9-12,14-15,18,20H,8,13H2,1-7H3. The molecule has 114 valence electrons. The van der Waals surface area contributed by atoms with Crippen LogP contribution in [0.15, 0.2) is 24.3 Å². The fourth-order valence-corrected chi connectivity index (χ4v) is 2.53. The van der Waals surface area contributed by atoms with Gasteiger partial charge in [0.15, 0.2) is 0 Å². The summed E-state index contributed by atoms with van der Waals surface area (Å²) in [7, 11) is 0. The molecule has 0 aromatic heterocycles. The maximum absolute atomic E-state index is 3.60. The van der Waals surface area contributed by atoms with Crippen LogP contribution in [0, 0.1) is 5.92 Å². The molecule has 1 aromatic rings. The molecule has 1 aromatic carbocycles. The molecule has 0 saturated heterocycles. The summed E-state index contributed by atoms with van der Waals surface area (Å²) in [5, 5.41) is 3.60. The molecule has 0 aliphatic heterocycles. The molecule has 0 fully saturated rings. The molecule has 0 radical (unpaired) electrons. The molecule has 1 heteroatoms. The highest BCUT2D eigenvalue weighted by molar-refractivity contribution is 5.30. The van der Waals surface area contributed by atoms with E-state index >= 15 is 0 Å². The van der Waals surface area contributed by atoms with Crippen LogP contribution in [0.3, 0.4) is 0 Å². The van der Waals surface area contributed by atoms with Crippen molar-refractivity contribution in [2.24, 2.45) is 5.92 Å². The Hall–Kier alpha value is -0.820. The second kappa shape index (κ2) is 7.26. The van der Waals surface area contributed by atoms with Gasteiger partial charge in [0.25, 0.3) is 0 Å². The Labute approximate surface area is 126 Å². The van der Waals surface area contributed by atoms with Crippen molar-refractivity contribution in [2.75, 3.05) is 6.54 Å². The molecule has 1 N–H and O–H groups in total. The molecule has 0 saturated carbocycles. The lowest BCUT2D eigenvalue weighted by Gasteiger charge is -2.26. The molecular weight excluding hydrogens is 242 g/mol. The van der Waals surface area contributed by atoms with E-state index in [1.807, 2.05) is 0 Å². The van der Waals surface area contributed by atoms with E-state index in [9.17, 15) is 0 Å². The van der Waals surface area contributed by atoms with E-state index in [0.717, 1.165) is 6.54 Å². The van der Waals surface area contributed by atoms with E-state index in [1.54, 1.807) is 0 Å². The van der Waals surface area contributed by atoms with Gasteiger partial charge in [-0.2, -0.15) is 0 Å². The zero-order chi connectivity index (χ0) is 15.3. The van der Waals surface area contributed by atoms with E-state index < -0.39 is 0 Å². The monoisotopic (exact) mass is 275 g/mol. The molecule has 1 rings (SSSR count). The zero-order valence-corrected chi connectivity index (χ0v) is 14.5. The molecular formula is C19H33N. The molecule has 0 aliphatic rings. The Balaban J connectivity index is 2.90. The Bertz CT molecular complexity index is 383. The summed E-state index contributed by atoms with van der Waals surface area (Å²) in [6.07, 6.45) is 1.23. The molecule has 2 atom stereocenters. The predicted molar refractivity (Wildman–Crippen MR) is 90.5 cm³/mol. The maximum atomic E-state index is 3.60. The number of hydrogen-bond acceptors (Lipinski definition) is 1. The lowest BCUT2D eigenvalue weighted by Crippen LogP contribution is -2.30. The van der Waals surface area contributed by atoms with Crippen LogP contribution >= 0.6 is 0 Å². The summed E-state index contributed by atoms with van der Waals surface area (Å²) in [6.45, 7) is 17.0. The SMILES string of the molecule is CCC(C)C(CNC(C)C)c1ccc(C(C)(C)C)cc1. The number of benzene rings is 1. The van der Waals surface area contributed by atoms with Crippen molar-refractivity contribution in [1.29, 1.82) is 0 Å². The molecule has 20 heavy (non-hydrogen) atoms. The second-order valence-corrected chi connectivity index (χ2v) is 7.43. The van der Waals surface area contributed by atoms with E-state index in [2.05, 4.69) is 78.0 Å². The number of rotatable bonds is 6. The molecule has 0 spiro atoms. The third kappa shape index (κ3) is 4.94. The van der Waals surface area contributed by atoms with Crippen molar-refractivity contribution >= 4 is 0 Å². The third-order valence-electron chi connectivity index (χ3n) is 4.28. The first-order valence-corrected chi connectivity index (χ1v) is 8.09. The van der Waals surface area contributed by atoms with Gasteiger partial charge in [0.2, 0.25) is 0 Å². The minimum Gasteiger partial charge on any atom is -0.314 e. The van der Waals surface area contributed by atoms with Crippen LogP contribution in [0.25, 0.3) is 0 Å². The fourth-order valence-electron chi connectivity index (χ4n) is 2.53. The van der Waals surface area contributed by atoms with Crippen LogP contribution < -0.4 is 5.32 Å². The molecule has 0 amide bonds. The first kappa shape index (κ1) is 17.2. The van der Waals surface area contributed by atoms with Gasteiger partial charge in [-0.25, -0.2) is 0 Å². The van der Waals surface area contributed by atoms with Gasteiger partial charge in [-0.05, 0) is 28.4 Å². The van der Waals surface area contributed by atoms with Crippen LogP contribution in [-0.4, -0.2) is 12.6 Å². The summed E-state index contributed by atoms with van der Waals surface area (Å²) in [4.78, 5) is 0. The van der Waals surface area contributed by atoms with Crippen LogP contribution in [0.2, 0.25) is 0 Å². The highest BCUT2D eigenvalue weighted by atomic mass is 14.9. The van der Waals surface area contributed by atoms with E-state index in [0.29, 0.717) is 17.9 Å². The Morgan fingerprint density at radius 1 is 1.00 bits per heavy atom. The minimum atomic E-state index is 0.237. The summed E-state index contributed by atoms with van der Waals surface area (Å²) in [5.41, 5.74) is 3.13. The smallest absolute Gasteiger partial charge is 0.00250 e. The van der Waals surface area contributed by atoms with Gasteiger partial charge in [-0.15, -0.1) is 0 Å². The Morgan fingerprint density at radius 3 is 1.95 bits per heavy atom. The van der Waals surface area contributed by atoms with Gasteiger partial charge in [-0.3, -0.25) is 0 Å².